The van der Waals surface area contributed by atoms with Crippen molar-refractivity contribution in [2.75, 3.05) is 6.54 Å². The summed E-state index contributed by atoms with van der Waals surface area (Å²) in [7, 11) is 0. The third-order valence-electron chi connectivity index (χ3n) is 4.28. The van der Waals surface area contributed by atoms with Gasteiger partial charge in [0.2, 0.25) is 11.8 Å². The van der Waals surface area contributed by atoms with Crippen LogP contribution in [0.3, 0.4) is 0 Å². The quantitative estimate of drug-likeness (QED) is 0.717. The summed E-state index contributed by atoms with van der Waals surface area (Å²) in [5, 5.41) is 9.15. The molecular formula is C15H28ClN3O2. The van der Waals surface area contributed by atoms with Crippen LogP contribution in [-0.4, -0.2) is 36.5 Å². The maximum Gasteiger partial charge on any atom is 0.237 e. The molecule has 0 aromatic carbocycles. The number of hydrogen-bond donors (Lipinski definition) is 3. The van der Waals surface area contributed by atoms with Gasteiger partial charge in [-0.15, -0.1) is 12.4 Å². The van der Waals surface area contributed by atoms with Crippen molar-refractivity contribution in [2.45, 2.75) is 70.5 Å². The summed E-state index contributed by atoms with van der Waals surface area (Å²) >= 11 is 0. The molecule has 1 saturated carbocycles. The summed E-state index contributed by atoms with van der Waals surface area (Å²) < 4.78 is 0. The molecule has 1 saturated heterocycles. The minimum atomic E-state index is -0.0590. The first-order chi connectivity index (χ1) is 9.56. The van der Waals surface area contributed by atoms with E-state index in [0.717, 1.165) is 6.42 Å². The van der Waals surface area contributed by atoms with Crippen molar-refractivity contribution < 1.29 is 9.59 Å². The third kappa shape index (κ3) is 5.47. The summed E-state index contributed by atoms with van der Waals surface area (Å²) in [4.78, 5) is 23.6. The molecule has 0 radical (unpaired) electrons. The average Bonchev–Trinajstić information content (AvgIpc) is 2.81. The van der Waals surface area contributed by atoms with Gasteiger partial charge < -0.3 is 16.0 Å². The van der Waals surface area contributed by atoms with Gasteiger partial charge in [0.1, 0.15) is 0 Å². The molecule has 0 bridgehead atoms. The monoisotopic (exact) mass is 317 g/mol. The smallest absolute Gasteiger partial charge is 0.237 e. The molecule has 5 nitrogen and oxygen atoms in total. The zero-order valence-corrected chi connectivity index (χ0v) is 13.8. The van der Waals surface area contributed by atoms with E-state index in [4.69, 9.17) is 0 Å². The Morgan fingerprint density at radius 3 is 2.62 bits per heavy atom. The molecule has 2 fully saturated rings. The number of halogens is 1. The van der Waals surface area contributed by atoms with E-state index in [-0.39, 0.29) is 36.3 Å². The van der Waals surface area contributed by atoms with Crippen molar-refractivity contribution >= 4 is 24.2 Å². The van der Waals surface area contributed by atoms with Crippen LogP contribution in [-0.2, 0) is 9.59 Å². The molecule has 6 heteroatoms. The molecule has 0 spiro atoms. The zero-order valence-electron chi connectivity index (χ0n) is 13.0. The maximum absolute atomic E-state index is 12.1. The molecule has 2 rings (SSSR count). The molecule has 3 atom stereocenters. The Hall–Kier alpha value is -0.810. The van der Waals surface area contributed by atoms with Crippen LogP contribution in [0.2, 0.25) is 0 Å². The lowest BCUT2D eigenvalue weighted by molar-refractivity contribution is -0.123. The lowest BCUT2D eigenvalue weighted by atomic mass is 9.85. The molecule has 3 unspecified atom stereocenters. The molecule has 0 aromatic heterocycles. The van der Waals surface area contributed by atoms with E-state index in [0.29, 0.717) is 24.9 Å². The van der Waals surface area contributed by atoms with E-state index in [1.807, 2.05) is 13.8 Å². The van der Waals surface area contributed by atoms with Gasteiger partial charge >= 0.3 is 0 Å². The molecule has 122 valence electrons. The first-order valence-corrected chi connectivity index (χ1v) is 7.89. The molecule has 3 N–H and O–H groups in total. The molecule has 2 aliphatic rings. The molecule has 0 aromatic rings. The summed E-state index contributed by atoms with van der Waals surface area (Å²) in [6.07, 6.45) is 6.33. The summed E-state index contributed by atoms with van der Waals surface area (Å²) in [5.41, 5.74) is 0. The van der Waals surface area contributed by atoms with Gasteiger partial charge in [-0.2, -0.15) is 0 Å². The minimum Gasteiger partial charge on any atom is -0.354 e. The Balaban J connectivity index is 0.00000220. The van der Waals surface area contributed by atoms with Gasteiger partial charge in [-0.25, -0.2) is 0 Å². The number of carbonyl (C=O) groups is 2. The van der Waals surface area contributed by atoms with E-state index >= 15 is 0 Å². The molecule has 21 heavy (non-hydrogen) atoms. The van der Waals surface area contributed by atoms with Gasteiger partial charge in [-0.3, -0.25) is 9.59 Å². The van der Waals surface area contributed by atoms with Gasteiger partial charge in [0, 0.05) is 25.0 Å². The third-order valence-corrected chi connectivity index (χ3v) is 4.28. The molecular weight excluding hydrogens is 290 g/mol. The van der Waals surface area contributed by atoms with E-state index < -0.39 is 0 Å². The average molecular weight is 318 g/mol. The molecule has 2 amide bonds. The number of rotatable bonds is 5. The number of fused-ring (bicyclic) bond motifs is 1. The van der Waals surface area contributed by atoms with E-state index in [9.17, 15) is 9.59 Å². The summed E-state index contributed by atoms with van der Waals surface area (Å²) in [5.74, 6) is 0.717. The van der Waals surface area contributed by atoms with Gasteiger partial charge in [0.25, 0.3) is 0 Å². The fraction of sp³-hybridized carbons (Fsp3) is 0.867. The summed E-state index contributed by atoms with van der Waals surface area (Å²) in [6.45, 7) is 4.28. The second-order valence-electron chi connectivity index (χ2n) is 6.37. The predicted molar refractivity (Wildman–Crippen MR) is 85.4 cm³/mol. The van der Waals surface area contributed by atoms with Gasteiger partial charge in [0.15, 0.2) is 0 Å². The SMILES string of the molecule is CC(C)NC(=O)CCNC(=O)C1CC2CCCCC2N1.Cl. The first kappa shape index (κ1) is 18.2. The Kier molecular flexibility index (Phi) is 7.46. The zero-order chi connectivity index (χ0) is 14.5. The van der Waals surface area contributed by atoms with Crippen LogP contribution in [0.5, 0.6) is 0 Å². The highest BCUT2D eigenvalue weighted by molar-refractivity contribution is 5.85. The van der Waals surface area contributed by atoms with Crippen molar-refractivity contribution in [1.29, 1.82) is 0 Å². The van der Waals surface area contributed by atoms with Gasteiger partial charge in [-0.05, 0) is 39.0 Å². The lowest BCUT2D eigenvalue weighted by Crippen LogP contribution is -2.44. The van der Waals surface area contributed by atoms with Crippen molar-refractivity contribution in [3.63, 3.8) is 0 Å². The number of amides is 2. The van der Waals surface area contributed by atoms with Crippen LogP contribution >= 0.6 is 12.4 Å². The van der Waals surface area contributed by atoms with Crippen LogP contribution in [0.1, 0.15) is 52.4 Å². The molecule has 1 aliphatic carbocycles. The predicted octanol–water partition coefficient (Wildman–Crippen LogP) is 1.36. The fourth-order valence-electron chi connectivity index (χ4n) is 3.34. The maximum atomic E-state index is 12.1. The van der Waals surface area contributed by atoms with Crippen molar-refractivity contribution in [3.05, 3.63) is 0 Å². The van der Waals surface area contributed by atoms with Crippen LogP contribution in [0.15, 0.2) is 0 Å². The highest BCUT2D eigenvalue weighted by Gasteiger charge is 2.37. The fourth-order valence-corrected chi connectivity index (χ4v) is 3.34. The first-order valence-electron chi connectivity index (χ1n) is 7.89. The number of carbonyl (C=O) groups excluding carboxylic acids is 2. The van der Waals surface area contributed by atoms with Crippen molar-refractivity contribution in [3.8, 4) is 0 Å². The highest BCUT2D eigenvalue weighted by atomic mass is 35.5. The van der Waals surface area contributed by atoms with E-state index in [1.165, 1.54) is 25.7 Å². The Morgan fingerprint density at radius 2 is 1.95 bits per heavy atom. The van der Waals surface area contributed by atoms with Crippen LogP contribution in [0, 0.1) is 5.92 Å². The van der Waals surface area contributed by atoms with Crippen molar-refractivity contribution in [2.24, 2.45) is 5.92 Å². The van der Waals surface area contributed by atoms with Crippen LogP contribution in [0.4, 0.5) is 0 Å². The summed E-state index contributed by atoms with van der Waals surface area (Å²) in [6, 6.07) is 0.623. The lowest BCUT2D eigenvalue weighted by Gasteiger charge is -2.24. The van der Waals surface area contributed by atoms with Crippen LogP contribution in [0.25, 0.3) is 0 Å². The number of hydrogen-bond acceptors (Lipinski definition) is 3. The molecule has 1 aliphatic heterocycles. The van der Waals surface area contributed by atoms with Crippen LogP contribution < -0.4 is 16.0 Å². The standard InChI is InChI=1S/C15H27N3O2.ClH/c1-10(2)17-14(19)7-8-16-15(20)13-9-11-5-3-4-6-12(11)18-13;/h10-13,18H,3-9H2,1-2H3,(H,16,20)(H,17,19);1H. The second kappa shape index (κ2) is 8.59. The normalized spacial score (nSPS) is 27.7. The molecule has 1 heterocycles. The Labute approximate surface area is 133 Å². The van der Waals surface area contributed by atoms with E-state index in [1.54, 1.807) is 0 Å². The van der Waals surface area contributed by atoms with Gasteiger partial charge in [-0.1, -0.05) is 12.8 Å². The Morgan fingerprint density at radius 1 is 1.24 bits per heavy atom. The van der Waals surface area contributed by atoms with Gasteiger partial charge in [0.05, 0.1) is 6.04 Å². The second-order valence-corrected chi connectivity index (χ2v) is 6.37. The minimum absolute atomic E-state index is 0. The van der Waals surface area contributed by atoms with E-state index in [2.05, 4.69) is 16.0 Å². The highest BCUT2D eigenvalue weighted by Crippen LogP contribution is 2.33. The number of nitrogens with one attached hydrogen (secondary N) is 3. The van der Waals surface area contributed by atoms with Crippen molar-refractivity contribution in [1.82, 2.24) is 16.0 Å². The Bertz CT molecular complexity index is 349. The topological polar surface area (TPSA) is 70.2 Å². The largest absolute Gasteiger partial charge is 0.354 e.